The molecule has 1 saturated heterocycles. The maximum atomic E-state index is 12.7. The van der Waals surface area contributed by atoms with Gasteiger partial charge in [0, 0.05) is 37.2 Å². The maximum Gasteiger partial charge on any atom is 0.225 e. The molecule has 0 aromatic carbocycles. The summed E-state index contributed by atoms with van der Waals surface area (Å²) in [5.74, 6) is 1.43. The van der Waals surface area contributed by atoms with Crippen molar-refractivity contribution in [2.24, 2.45) is 10.9 Å². The van der Waals surface area contributed by atoms with Crippen molar-refractivity contribution >= 4 is 35.8 Å². The molecule has 1 aromatic heterocycles. The number of halogens is 1. The van der Waals surface area contributed by atoms with Crippen LogP contribution >= 0.6 is 24.0 Å². The molecule has 2 fully saturated rings. The lowest BCUT2D eigenvalue weighted by atomic mass is 9.88. The molecular formula is C19H31IN4O2. The highest BCUT2D eigenvalue weighted by Crippen LogP contribution is 2.26. The lowest BCUT2D eigenvalue weighted by Crippen LogP contribution is -2.45. The normalized spacial score (nSPS) is 21.3. The van der Waals surface area contributed by atoms with Crippen molar-refractivity contribution in [2.45, 2.75) is 58.0 Å². The molecule has 1 saturated carbocycles. The largest absolute Gasteiger partial charge is 0.472 e. The van der Waals surface area contributed by atoms with Crippen molar-refractivity contribution in [3.63, 3.8) is 0 Å². The van der Waals surface area contributed by atoms with Crippen molar-refractivity contribution < 1.29 is 9.21 Å². The minimum absolute atomic E-state index is 0. The molecule has 1 aliphatic carbocycles. The number of aliphatic imine (C=N–C) groups is 1. The fourth-order valence-corrected chi connectivity index (χ4v) is 3.75. The van der Waals surface area contributed by atoms with Gasteiger partial charge in [0.25, 0.3) is 0 Å². The van der Waals surface area contributed by atoms with Crippen LogP contribution in [0.5, 0.6) is 0 Å². The molecule has 2 aliphatic rings. The predicted octanol–water partition coefficient (Wildman–Crippen LogP) is 3.13. The molecule has 0 radical (unpaired) electrons. The minimum atomic E-state index is 0. The van der Waals surface area contributed by atoms with Crippen LogP contribution in [0, 0.1) is 5.92 Å². The van der Waals surface area contributed by atoms with Crippen LogP contribution in [0.25, 0.3) is 0 Å². The molecule has 3 rings (SSSR count). The summed E-state index contributed by atoms with van der Waals surface area (Å²) in [6.45, 7) is 5.10. The van der Waals surface area contributed by atoms with Gasteiger partial charge in [0.05, 0.1) is 19.1 Å². The highest BCUT2D eigenvalue weighted by atomic mass is 127. The number of amides is 1. The molecule has 1 amide bonds. The number of nitrogens with zero attached hydrogens (tertiary/aromatic N) is 2. The fraction of sp³-hybridized carbons (Fsp3) is 0.684. The monoisotopic (exact) mass is 474 g/mol. The summed E-state index contributed by atoms with van der Waals surface area (Å²) in [7, 11) is 0. The number of likely N-dealkylation sites (tertiary alicyclic amines) is 1. The number of carbonyl (C=O) groups is 1. The Morgan fingerprint density at radius 1 is 1.31 bits per heavy atom. The smallest absolute Gasteiger partial charge is 0.225 e. The molecule has 2 heterocycles. The Morgan fingerprint density at radius 3 is 2.81 bits per heavy atom. The van der Waals surface area contributed by atoms with Gasteiger partial charge in [0.1, 0.15) is 0 Å². The second kappa shape index (κ2) is 10.8. The number of rotatable bonds is 5. The SMILES string of the molecule is CCNC(=NCc1ccoc1)NC1CCN(C(=O)C2CCCCC2)C1.I. The average Bonchev–Trinajstić information content (AvgIpc) is 3.32. The van der Waals surface area contributed by atoms with E-state index in [2.05, 4.69) is 22.5 Å². The summed E-state index contributed by atoms with van der Waals surface area (Å²) < 4.78 is 5.08. The average molecular weight is 474 g/mol. The van der Waals surface area contributed by atoms with Gasteiger partial charge in [0.15, 0.2) is 5.96 Å². The molecule has 0 spiro atoms. The molecular weight excluding hydrogens is 443 g/mol. The van der Waals surface area contributed by atoms with Gasteiger partial charge in [-0.25, -0.2) is 4.99 Å². The molecule has 1 aromatic rings. The fourth-order valence-electron chi connectivity index (χ4n) is 3.75. The van der Waals surface area contributed by atoms with E-state index in [0.717, 1.165) is 50.4 Å². The summed E-state index contributed by atoms with van der Waals surface area (Å²) in [5, 5.41) is 6.77. The van der Waals surface area contributed by atoms with Crippen LogP contribution in [0.2, 0.25) is 0 Å². The van der Waals surface area contributed by atoms with Gasteiger partial charge in [0.2, 0.25) is 5.91 Å². The summed E-state index contributed by atoms with van der Waals surface area (Å²) in [6, 6.07) is 2.20. The van der Waals surface area contributed by atoms with E-state index in [4.69, 9.17) is 4.42 Å². The topological polar surface area (TPSA) is 69.9 Å². The summed E-state index contributed by atoms with van der Waals surface area (Å²) >= 11 is 0. The van der Waals surface area contributed by atoms with Gasteiger partial charge >= 0.3 is 0 Å². The van der Waals surface area contributed by atoms with Gasteiger partial charge in [-0.05, 0) is 32.3 Å². The highest BCUT2D eigenvalue weighted by Gasteiger charge is 2.31. The van der Waals surface area contributed by atoms with Crippen LogP contribution in [0.1, 0.15) is 51.0 Å². The van der Waals surface area contributed by atoms with E-state index in [1.165, 1.54) is 19.3 Å². The molecule has 1 unspecified atom stereocenters. The highest BCUT2D eigenvalue weighted by molar-refractivity contribution is 14.0. The first kappa shape index (κ1) is 21.1. The Labute approximate surface area is 173 Å². The van der Waals surface area contributed by atoms with Crippen LogP contribution in [0.3, 0.4) is 0 Å². The number of nitrogens with one attached hydrogen (secondary N) is 2. The quantitative estimate of drug-likeness (QED) is 0.391. The Kier molecular flexibility index (Phi) is 8.74. The number of hydrogen-bond donors (Lipinski definition) is 2. The van der Waals surface area contributed by atoms with Gasteiger partial charge in [-0.3, -0.25) is 4.79 Å². The third-order valence-electron chi connectivity index (χ3n) is 5.14. The first-order chi connectivity index (χ1) is 12.3. The summed E-state index contributed by atoms with van der Waals surface area (Å²) in [6.07, 6.45) is 10.2. The van der Waals surface area contributed by atoms with Crippen LogP contribution in [-0.2, 0) is 11.3 Å². The van der Waals surface area contributed by atoms with Crippen molar-refractivity contribution in [1.29, 1.82) is 0 Å². The molecule has 26 heavy (non-hydrogen) atoms. The van der Waals surface area contributed by atoms with Crippen LogP contribution in [0.4, 0.5) is 0 Å². The van der Waals surface area contributed by atoms with E-state index < -0.39 is 0 Å². The van der Waals surface area contributed by atoms with Crippen molar-refractivity contribution in [3.05, 3.63) is 24.2 Å². The first-order valence-corrected chi connectivity index (χ1v) is 9.61. The van der Waals surface area contributed by atoms with Crippen molar-refractivity contribution in [1.82, 2.24) is 15.5 Å². The summed E-state index contributed by atoms with van der Waals surface area (Å²) in [4.78, 5) is 19.3. The van der Waals surface area contributed by atoms with Crippen LogP contribution in [0.15, 0.2) is 28.0 Å². The zero-order valence-electron chi connectivity index (χ0n) is 15.6. The zero-order valence-corrected chi connectivity index (χ0v) is 17.9. The Balaban J connectivity index is 0.00000243. The molecule has 1 aliphatic heterocycles. The summed E-state index contributed by atoms with van der Waals surface area (Å²) in [5.41, 5.74) is 1.05. The Bertz CT molecular complexity index is 570. The van der Waals surface area contributed by atoms with Gasteiger partial charge in [-0.15, -0.1) is 24.0 Å². The Morgan fingerprint density at radius 2 is 2.12 bits per heavy atom. The van der Waals surface area contributed by atoms with E-state index in [1.807, 2.05) is 11.0 Å². The van der Waals surface area contributed by atoms with E-state index in [0.29, 0.717) is 12.5 Å². The van der Waals surface area contributed by atoms with Gasteiger partial charge in [-0.1, -0.05) is 19.3 Å². The van der Waals surface area contributed by atoms with E-state index >= 15 is 0 Å². The second-order valence-corrected chi connectivity index (χ2v) is 7.08. The first-order valence-electron chi connectivity index (χ1n) is 9.61. The number of carbonyl (C=O) groups excluding carboxylic acids is 1. The maximum absolute atomic E-state index is 12.7. The lowest BCUT2D eigenvalue weighted by Gasteiger charge is -2.26. The molecule has 6 nitrogen and oxygen atoms in total. The zero-order chi connectivity index (χ0) is 17.5. The third kappa shape index (κ3) is 5.89. The molecule has 1 atom stereocenters. The molecule has 7 heteroatoms. The van der Waals surface area contributed by atoms with Crippen molar-refractivity contribution in [2.75, 3.05) is 19.6 Å². The molecule has 146 valence electrons. The van der Waals surface area contributed by atoms with Crippen LogP contribution in [-0.4, -0.2) is 42.4 Å². The number of furan rings is 1. The second-order valence-electron chi connectivity index (χ2n) is 7.08. The standard InChI is InChI=1S/C19H30N4O2.HI/c1-2-20-19(21-12-15-9-11-25-14-15)22-17-8-10-23(13-17)18(24)16-6-4-3-5-7-16;/h9,11,14,16-17H,2-8,10,12-13H2,1H3,(H2,20,21,22);1H. The van der Waals surface area contributed by atoms with E-state index in [9.17, 15) is 4.79 Å². The minimum Gasteiger partial charge on any atom is -0.472 e. The van der Waals surface area contributed by atoms with E-state index in [1.54, 1.807) is 12.5 Å². The van der Waals surface area contributed by atoms with E-state index in [-0.39, 0.29) is 35.9 Å². The predicted molar refractivity (Wildman–Crippen MR) is 114 cm³/mol. The Hall–Kier alpha value is -1.25. The van der Waals surface area contributed by atoms with Crippen LogP contribution < -0.4 is 10.6 Å². The molecule has 2 N–H and O–H groups in total. The van der Waals surface area contributed by atoms with Gasteiger partial charge < -0.3 is 20.0 Å². The third-order valence-corrected chi connectivity index (χ3v) is 5.14. The lowest BCUT2D eigenvalue weighted by molar-refractivity contribution is -0.135. The van der Waals surface area contributed by atoms with Gasteiger partial charge in [-0.2, -0.15) is 0 Å². The number of guanidine groups is 1. The van der Waals surface area contributed by atoms with Crippen molar-refractivity contribution in [3.8, 4) is 0 Å². The number of hydrogen-bond acceptors (Lipinski definition) is 3. The molecule has 0 bridgehead atoms.